The third-order valence-electron chi connectivity index (χ3n) is 6.09. The van der Waals surface area contributed by atoms with Gasteiger partial charge in [-0.2, -0.15) is 0 Å². The molecule has 174 valence electrons. The molecule has 8 nitrogen and oxygen atoms in total. The van der Waals surface area contributed by atoms with Gasteiger partial charge in [0, 0.05) is 50.6 Å². The van der Waals surface area contributed by atoms with Crippen molar-refractivity contribution in [1.82, 2.24) is 15.0 Å². The molecule has 2 aliphatic rings. The van der Waals surface area contributed by atoms with Gasteiger partial charge in [-0.1, -0.05) is 0 Å². The van der Waals surface area contributed by atoms with E-state index in [-0.39, 0.29) is 11.4 Å². The first-order chi connectivity index (χ1) is 15.9. The monoisotopic (exact) mass is 468 g/mol. The smallest absolute Gasteiger partial charge is 0.238 e. The van der Waals surface area contributed by atoms with Gasteiger partial charge in [0.2, 0.25) is 5.88 Å². The lowest BCUT2D eigenvalue weighted by Gasteiger charge is -2.24. The number of aryl methyl sites for hydroxylation is 1. The molecule has 1 saturated carbocycles. The van der Waals surface area contributed by atoms with Crippen LogP contribution in [0.25, 0.3) is 22.0 Å². The molecule has 1 aliphatic heterocycles. The average Bonchev–Trinajstić information content (AvgIpc) is 3.66. The van der Waals surface area contributed by atoms with Gasteiger partial charge in [-0.3, -0.25) is 0 Å². The minimum Gasteiger partial charge on any atom is -0.488 e. The molecule has 9 heteroatoms. The third-order valence-corrected chi connectivity index (χ3v) is 8.20. The minimum atomic E-state index is -2.47. The summed E-state index contributed by atoms with van der Waals surface area (Å²) in [6.45, 7) is 3.34. The van der Waals surface area contributed by atoms with Crippen LogP contribution in [0.5, 0.6) is 11.6 Å². The van der Waals surface area contributed by atoms with Crippen molar-refractivity contribution in [2.45, 2.75) is 44.0 Å². The molecular weight excluding hydrogens is 440 g/mol. The second kappa shape index (κ2) is 8.79. The minimum absolute atomic E-state index is 0.0769. The van der Waals surface area contributed by atoms with Crippen LogP contribution in [0.2, 0.25) is 0 Å². The van der Waals surface area contributed by atoms with Crippen LogP contribution < -0.4 is 14.2 Å². The first-order valence-electron chi connectivity index (χ1n) is 11.1. The fourth-order valence-electron chi connectivity index (χ4n) is 4.05. The van der Waals surface area contributed by atoms with E-state index in [1.54, 1.807) is 19.6 Å². The zero-order valence-electron chi connectivity index (χ0n) is 18.9. The molecule has 1 aromatic carbocycles. The second-order valence-electron chi connectivity index (χ2n) is 8.57. The molecule has 1 atom stereocenters. The Morgan fingerprint density at radius 3 is 2.61 bits per heavy atom. The van der Waals surface area contributed by atoms with Crippen LogP contribution in [-0.4, -0.2) is 56.7 Å². The zero-order valence-corrected chi connectivity index (χ0v) is 19.7. The molecule has 0 amide bonds. The number of hydrogen-bond donors (Lipinski definition) is 1. The lowest BCUT2D eigenvalue weighted by Crippen LogP contribution is -2.26. The molecule has 1 saturated heterocycles. The van der Waals surface area contributed by atoms with E-state index < -0.39 is 9.71 Å². The second-order valence-corrected chi connectivity index (χ2v) is 10.9. The van der Waals surface area contributed by atoms with Crippen LogP contribution in [-0.2, 0) is 14.4 Å². The van der Waals surface area contributed by atoms with Gasteiger partial charge >= 0.3 is 0 Å². The highest BCUT2D eigenvalue weighted by atomic mass is 32.2. The van der Waals surface area contributed by atoms with Crippen LogP contribution in [0.3, 0.4) is 0 Å². The van der Waals surface area contributed by atoms with Crippen LogP contribution in [0.1, 0.15) is 31.4 Å². The SMILES string of the molecule is C=S(=O)(Nc1cc(-c2cc(OC3CCOCC3)c3ncnc(C)c3c2)cnc1OC)C1CC1. The van der Waals surface area contributed by atoms with E-state index in [1.807, 2.05) is 25.1 Å². The first kappa shape index (κ1) is 21.9. The summed E-state index contributed by atoms with van der Waals surface area (Å²) in [5.41, 5.74) is 3.96. The molecule has 1 aliphatic carbocycles. The topological polar surface area (TPSA) is 95.5 Å². The van der Waals surface area contributed by atoms with Crippen LogP contribution >= 0.6 is 0 Å². The summed E-state index contributed by atoms with van der Waals surface area (Å²) in [7, 11) is -0.920. The number of aromatic nitrogens is 3. The average molecular weight is 469 g/mol. The van der Waals surface area contributed by atoms with Gasteiger partial charge in [0.05, 0.1) is 20.3 Å². The molecule has 1 unspecified atom stereocenters. The lowest BCUT2D eigenvalue weighted by molar-refractivity contribution is 0.0261. The van der Waals surface area contributed by atoms with Crippen LogP contribution in [0.4, 0.5) is 5.69 Å². The maximum Gasteiger partial charge on any atom is 0.238 e. The number of methoxy groups -OCH3 is 1. The summed E-state index contributed by atoms with van der Waals surface area (Å²) < 4.78 is 33.4. The Balaban J connectivity index is 1.57. The predicted octanol–water partition coefficient (Wildman–Crippen LogP) is 3.77. The molecule has 0 bridgehead atoms. The van der Waals surface area contributed by atoms with Crippen molar-refractivity contribution < 1.29 is 18.4 Å². The van der Waals surface area contributed by atoms with Crippen molar-refractivity contribution in [3.8, 4) is 22.8 Å². The fourth-order valence-corrected chi connectivity index (χ4v) is 5.64. The third kappa shape index (κ3) is 4.60. The summed E-state index contributed by atoms with van der Waals surface area (Å²) in [4.78, 5) is 13.3. The number of ether oxygens (including phenoxy) is 3. The van der Waals surface area contributed by atoms with Crippen molar-refractivity contribution in [2.75, 3.05) is 25.0 Å². The molecule has 0 radical (unpaired) electrons. The van der Waals surface area contributed by atoms with Crippen molar-refractivity contribution in [2.24, 2.45) is 0 Å². The quantitative estimate of drug-likeness (QED) is 0.527. The summed E-state index contributed by atoms with van der Waals surface area (Å²) in [6, 6.07) is 5.93. The number of hydrogen-bond acceptors (Lipinski definition) is 7. The molecule has 0 spiro atoms. The van der Waals surface area contributed by atoms with Gasteiger partial charge in [-0.15, -0.1) is 0 Å². The summed E-state index contributed by atoms with van der Waals surface area (Å²) >= 11 is 0. The Morgan fingerprint density at radius 2 is 1.88 bits per heavy atom. The summed E-state index contributed by atoms with van der Waals surface area (Å²) in [5, 5.41) is 1.01. The van der Waals surface area contributed by atoms with Crippen molar-refractivity contribution in [3.05, 3.63) is 36.4 Å². The Bertz CT molecular complexity index is 1290. The van der Waals surface area contributed by atoms with Crippen LogP contribution in [0.15, 0.2) is 30.7 Å². The van der Waals surface area contributed by atoms with Gasteiger partial charge in [0.15, 0.2) is 0 Å². The Morgan fingerprint density at radius 1 is 1.09 bits per heavy atom. The molecule has 33 heavy (non-hydrogen) atoms. The van der Waals surface area contributed by atoms with E-state index in [0.717, 1.165) is 53.4 Å². The van der Waals surface area contributed by atoms with E-state index >= 15 is 0 Å². The zero-order chi connectivity index (χ0) is 23.0. The summed E-state index contributed by atoms with van der Waals surface area (Å²) in [6.07, 6.45) is 6.90. The van der Waals surface area contributed by atoms with E-state index in [9.17, 15) is 4.21 Å². The fraction of sp³-hybridized carbons (Fsp3) is 0.417. The van der Waals surface area contributed by atoms with Crippen molar-refractivity contribution in [1.29, 1.82) is 0 Å². The predicted molar refractivity (Wildman–Crippen MR) is 130 cm³/mol. The molecule has 1 N–H and O–H groups in total. The molecule has 2 fully saturated rings. The molecule has 3 heterocycles. The maximum absolute atomic E-state index is 13.0. The highest BCUT2D eigenvalue weighted by Crippen LogP contribution is 2.37. The van der Waals surface area contributed by atoms with Crippen LogP contribution in [0, 0.1) is 6.92 Å². The number of fused-ring (bicyclic) bond motifs is 1. The van der Waals surface area contributed by atoms with E-state index in [0.29, 0.717) is 30.5 Å². The van der Waals surface area contributed by atoms with Gasteiger partial charge in [0.1, 0.15) is 29.4 Å². The number of nitrogens with zero attached hydrogens (tertiary/aromatic N) is 3. The molecular formula is C24H28N4O4S. The highest BCUT2D eigenvalue weighted by molar-refractivity contribution is 8.02. The van der Waals surface area contributed by atoms with Gasteiger partial charge in [-0.25, -0.2) is 19.2 Å². The Kier molecular flexibility index (Phi) is 5.84. The van der Waals surface area contributed by atoms with Crippen molar-refractivity contribution >= 4 is 32.2 Å². The Labute approximate surface area is 193 Å². The van der Waals surface area contributed by atoms with Gasteiger partial charge in [0.25, 0.3) is 0 Å². The van der Waals surface area contributed by atoms with E-state index in [4.69, 9.17) is 14.2 Å². The standard InChI is InChI=1S/C24H28N4O4S/c1-15-20-10-16(12-22(23(20)27-14-26-15)32-18-6-8-31-9-7-18)17-11-21(24(30-2)25-13-17)28-33(3,29)19-4-5-19/h10-14,18-19H,3-9H2,1-2H3,(H,28,29). The van der Waals surface area contributed by atoms with Crippen molar-refractivity contribution in [3.63, 3.8) is 0 Å². The van der Waals surface area contributed by atoms with E-state index in [1.165, 1.54) is 0 Å². The molecule has 3 aromatic rings. The highest BCUT2D eigenvalue weighted by Gasteiger charge is 2.31. The number of nitrogens with one attached hydrogen (secondary N) is 1. The number of rotatable bonds is 7. The lowest BCUT2D eigenvalue weighted by atomic mass is 10.0. The Hall–Kier alpha value is -2.91. The maximum atomic E-state index is 13.0. The normalized spacial score (nSPS) is 18.6. The summed E-state index contributed by atoms with van der Waals surface area (Å²) in [5.74, 6) is 5.02. The molecule has 5 rings (SSSR count). The van der Waals surface area contributed by atoms with E-state index in [2.05, 4.69) is 25.5 Å². The molecule has 2 aromatic heterocycles. The number of pyridine rings is 1. The number of benzene rings is 1. The van der Waals surface area contributed by atoms with Gasteiger partial charge in [-0.05, 0) is 49.4 Å². The van der Waals surface area contributed by atoms with Gasteiger partial charge < -0.3 is 18.9 Å². The largest absolute Gasteiger partial charge is 0.488 e. The number of anilines is 1. The first-order valence-corrected chi connectivity index (χ1v) is 12.9.